The lowest BCUT2D eigenvalue weighted by Crippen LogP contribution is -2.30. The zero-order valence-corrected chi connectivity index (χ0v) is 14.8. The van der Waals surface area contributed by atoms with Gasteiger partial charge in [-0.1, -0.05) is 42.5 Å². The van der Waals surface area contributed by atoms with Gasteiger partial charge in [-0.3, -0.25) is 14.4 Å². The molecule has 0 spiro atoms. The number of likely N-dealkylation sites (tertiary alicyclic amines) is 1. The van der Waals surface area contributed by atoms with Gasteiger partial charge >= 0.3 is 0 Å². The normalized spacial score (nSPS) is 16.6. The summed E-state index contributed by atoms with van der Waals surface area (Å²) in [5, 5.41) is 2.81. The second kappa shape index (κ2) is 7.95. The molecule has 0 saturated carbocycles. The molecule has 1 heterocycles. The molecule has 2 aromatic rings. The number of nitrogens with zero attached hydrogens (tertiary/aromatic N) is 1. The summed E-state index contributed by atoms with van der Waals surface area (Å²) in [6.45, 7) is 2.49. The van der Waals surface area contributed by atoms with Crippen molar-refractivity contribution in [3.8, 4) is 0 Å². The second-order valence-electron chi connectivity index (χ2n) is 6.57. The van der Waals surface area contributed by atoms with E-state index in [1.807, 2.05) is 30.3 Å². The minimum absolute atomic E-state index is 0.000865. The predicted molar refractivity (Wildman–Crippen MR) is 99.9 cm³/mol. The van der Waals surface area contributed by atoms with Gasteiger partial charge in [-0.15, -0.1) is 0 Å². The SMILES string of the molecule is CC(=O)c1ccccc1NC(=O)C1CC(=O)N(CCc2ccccc2)C1. The monoisotopic (exact) mass is 350 g/mol. The minimum atomic E-state index is -0.390. The molecule has 1 aliphatic heterocycles. The highest BCUT2D eigenvalue weighted by Gasteiger charge is 2.34. The summed E-state index contributed by atoms with van der Waals surface area (Å²) >= 11 is 0. The van der Waals surface area contributed by atoms with Crippen molar-refractivity contribution in [2.45, 2.75) is 19.8 Å². The van der Waals surface area contributed by atoms with Crippen molar-refractivity contribution >= 4 is 23.3 Å². The van der Waals surface area contributed by atoms with E-state index in [9.17, 15) is 14.4 Å². The summed E-state index contributed by atoms with van der Waals surface area (Å²) < 4.78 is 0. The van der Waals surface area contributed by atoms with Crippen LogP contribution in [0, 0.1) is 5.92 Å². The molecule has 26 heavy (non-hydrogen) atoms. The molecule has 5 nitrogen and oxygen atoms in total. The Labute approximate surface area is 153 Å². The van der Waals surface area contributed by atoms with E-state index in [-0.39, 0.29) is 24.0 Å². The molecule has 1 unspecified atom stereocenters. The van der Waals surface area contributed by atoms with Crippen LogP contribution in [-0.4, -0.2) is 35.6 Å². The maximum absolute atomic E-state index is 12.6. The third kappa shape index (κ3) is 4.17. The van der Waals surface area contributed by atoms with E-state index in [4.69, 9.17) is 0 Å². The number of para-hydroxylation sites is 1. The lowest BCUT2D eigenvalue weighted by atomic mass is 10.1. The van der Waals surface area contributed by atoms with Crippen LogP contribution in [-0.2, 0) is 16.0 Å². The van der Waals surface area contributed by atoms with Gasteiger partial charge in [-0.25, -0.2) is 0 Å². The Hall–Kier alpha value is -2.95. The molecule has 3 rings (SSSR count). The number of ketones is 1. The number of Topliss-reactive ketones (excluding diaryl/α,β-unsaturated/α-hetero) is 1. The molecule has 0 bridgehead atoms. The number of carbonyl (C=O) groups is 3. The number of benzene rings is 2. The van der Waals surface area contributed by atoms with E-state index in [1.165, 1.54) is 12.5 Å². The predicted octanol–water partition coefficient (Wildman–Crippen LogP) is 2.92. The largest absolute Gasteiger partial charge is 0.342 e. The van der Waals surface area contributed by atoms with Gasteiger partial charge in [0.05, 0.1) is 11.6 Å². The Morgan fingerprint density at radius 2 is 1.77 bits per heavy atom. The van der Waals surface area contributed by atoms with Gasteiger partial charge < -0.3 is 10.2 Å². The van der Waals surface area contributed by atoms with Crippen LogP contribution in [0.1, 0.15) is 29.3 Å². The molecule has 1 saturated heterocycles. The smallest absolute Gasteiger partial charge is 0.229 e. The van der Waals surface area contributed by atoms with Gasteiger partial charge in [-0.05, 0) is 31.0 Å². The third-order valence-electron chi connectivity index (χ3n) is 4.66. The third-order valence-corrected chi connectivity index (χ3v) is 4.66. The molecule has 1 fully saturated rings. The van der Waals surface area contributed by atoms with E-state index in [0.717, 1.165) is 6.42 Å². The van der Waals surface area contributed by atoms with E-state index < -0.39 is 5.92 Å². The van der Waals surface area contributed by atoms with E-state index in [1.54, 1.807) is 29.2 Å². The van der Waals surface area contributed by atoms with Gasteiger partial charge in [0.25, 0.3) is 0 Å². The van der Waals surface area contributed by atoms with E-state index in [0.29, 0.717) is 24.3 Å². The van der Waals surface area contributed by atoms with E-state index >= 15 is 0 Å². The molecule has 0 radical (unpaired) electrons. The number of hydrogen-bond acceptors (Lipinski definition) is 3. The summed E-state index contributed by atoms with van der Waals surface area (Å²) in [6, 6.07) is 16.9. The Bertz CT molecular complexity index is 817. The van der Waals surface area contributed by atoms with Gasteiger partial charge in [0, 0.05) is 25.1 Å². The molecule has 0 aliphatic carbocycles. The maximum Gasteiger partial charge on any atom is 0.229 e. The highest BCUT2D eigenvalue weighted by atomic mass is 16.2. The van der Waals surface area contributed by atoms with Crippen LogP contribution in [0.2, 0.25) is 0 Å². The van der Waals surface area contributed by atoms with Crippen LogP contribution >= 0.6 is 0 Å². The zero-order chi connectivity index (χ0) is 18.5. The Morgan fingerprint density at radius 1 is 1.08 bits per heavy atom. The first-order valence-electron chi connectivity index (χ1n) is 8.77. The fourth-order valence-electron chi connectivity index (χ4n) is 3.21. The lowest BCUT2D eigenvalue weighted by Gasteiger charge is -2.17. The van der Waals surface area contributed by atoms with Crippen molar-refractivity contribution in [2.24, 2.45) is 5.92 Å². The summed E-state index contributed by atoms with van der Waals surface area (Å²) in [6.07, 6.45) is 0.983. The highest BCUT2D eigenvalue weighted by Crippen LogP contribution is 2.22. The van der Waals surface area contributed by atoms with Gasteiger partial charge in [-0.2, -0.15) is 0 Å². The van der Waals surface area contributed by atoms with Gasteiger partial charge in [0.1, 0.15) is 0 Å². The zero-order valence-electron chi connectivity index (χ0n) is 14.8. The highest BCUT2D eigenvalue weighted by molar-refractivity contribution is 6.05. The summed E-state index contributed by atoms with van der Waals surface area (Å²) in [5.41, 5.74) is 2.15. The standard InChI is InChI=1S/C21H22N2O3/c1-15(24)18-9-5-6-10-19(18)22-21(26)17-13-20(25)23(14-17)12-11-16-7-3-2-4-8-16/h2-10,17H,11-14H2,1H3,(H,22,26). The minimum Gasteiger partial charge on any atom is -0.342 e. The Balaban J connectivity index is 1.60. The van der Waals surface area contributed by atoms with Crippen molar-refractivity contribution < 1.29 is 14.4 Å². The fourth-order valence-corrected chi connectivity index (χ4v) is 3.21. The molecule has 134 valence electrons. The average Bonchev–Trinajstić information content (AvgIpc) is 3.02. The molecule has 2 aromatic carbocycles. The van der Waals surface area contributed by atoms with Gasteiger partial charge in [0.2, 0.25) is 11.8 Å². The van der Waals surface area contributed by atoms with Crippen molar-refractivity contribution in [2.75, 3.05) is 18.4 Å². The van der Waals surface area contributed by atoms with Crippen molar-refractivity contribution in [1.29, 1.82) is 0 Å². The summed E-state index contributed by atoms with van der Waals surface area (Å²) in [7, 11) is 0. The Kier molecular flexibility index (Phi) is 5.46. The first-order valence-corrected chi connectivity index (χ1v) is 8.77. The van der Waals surface area contributed by atoms with Gasteiger partial charge in [0.15, 0.2) is 5.78 Å². The molecule has 5 heteroatoms. The fraction of sp³-hybridized carbons (Fsp3) is 0.286. The second-order valence-corrected chi connectivity index (χ2v) is 6.57. The molecular formula is C21H22N2O3. The van der Waals surface area contributed by atoms with Crippen LogP contribution in [0.15, 0.2) is 54.6 Å². The molecule has 1 aliphatic rings. The quantitative estimate of drug-likeness (QED) is 0.815. The lowest BCUT2D eigenvalue weighted by molar-refractivity contribution is -0.128. The number of carbonyl (C=O) groups excluding carboxylic acids is 3. The topological polar surface area (TPSA) is 66.5 Å². The summed E-state index contributed by atoms with van der Waals surface area (Å²) in [4.78, 5) is 38.2. The van der Waals surface area contributed by atoms with Crippen molar-refractivity contribution in [3.05, 3.63) is 65.7 Å². The van der Waals surface area contributed by atoms with Crippen LogP contribution in [0.25, 0.3) is 0 Å². The number of hydrogen-bond donors (Lipinski definition) is 1. The number of amides is 2. The Morgan fingerprint density at radius 3 is 2.50 bits per heavy atom. The maximum atomic E-state index is 12.6. The molecule has 0 aromatic heterocycles. The van der Waals surface area contributed by atoms with E-state index in [2.05, 4.69) is 5.32 Å². The molecule has 1 N–H and O–H groups in total. The van der Waals surface area contributed by atoms with Crippen molar-refractivity contribution in [3.63, 3.8) is 0 Å². The number of rotatable bonds is 6. The first kappa shape index (κ1) is 17.9. The average molecular weight is 350 g/mol. The summed E-state index contributed by atoms with van der Waals surface area (Å²) in [5.74, 6) is -0.707. The van der Waals surface area contributed by atoms with Crippen LogP contribution in [0.5, 0.6) is 0 Å². The molecular weight excluding hydrogens is 328 g/mol. The first-order chi connectivity index (χ1) is 12.5. The van der Waals surface area contributed by atoms with Crippen LogP contribution < -0.4 is 5.32 Å². The van der Waals surface area contributed by atoms with Crippen LogP contribution in [0.4, 0.5) is 5.69 Å². The number of anilines is 1. The molecule has 2 amide bonds. The van der Waals surface area contributed by atoms with Crippen LogP contribution in [0.3, 0.4) is 0 Å². The van der Waals surface area contributed by atoms with Crippen molar-refractivity contribution in [1.82, 2.24) is 4.90 Å². The molecule has 1 atom stereocenters. The number of nitrogens with one attached hydrogen (secondary N) is 1.